The molecule has 5 heterocycles. The third kappa shape index (κ3) is 4.29. The average molecular weight is 423 g/mol. The number of carbonyl (C=O) groups is 1. The molecule has 0 spiro atoms. The van der Waals surface area contributed by atoms with Crippen LogP contribution in [-0.4, -0.2) is 59.2 Å². The lowest BCUT2D eigenvalue weighted by Gasteiger charge is -2.46. The highest BCUT2D eigenvalue weighted by Gasteiger charge is 2.37. The molecule has 164 valence electrons. The molecule has 3 aliphatic heterocycles. The van der Waals surface area contributed by atoms with Crippen LogP contribution in [0.15, 0.2) is 41.5 Å². The standard InChI is InChI=1S/C24H30N4O3/c29-23(26-10-5-17-3-8-25-9-4-17)21-1-2-22-19-13-18(15-28(22)24(21)30)14-27(16-19)20-6-11-31-12-7-20/h1-4,8-9,18-20H,5-7,10-16H2,(H,26,29)/t18-,19+/m0/s1. The van der Waals surface area contributed by atoms with Crippen molar-refractivity contribution in [2.24, 2.45) is 5.92 Å². The molecule has 0 unspecified atom stereocenters. The Balaban J connectivity index is 1.28. The zero-order valence-electron chi connectivity index (χ0n) is 17.8. The van der Waals surface area contributed by atoms with Crippen molar-refractivity contribution in [1.29, 1.82) is 0 Å². The maximum Gasteiger partial charge on any atom is 0.263 e. The summed E-state index contributed by atoms with van der Waals surface area (Å²) >= 11 is 0. The Morgan fingerprint density at radius 2 is 1.90 bits per heavy atom. The van der Waals surface area contributed by atoms with Gasteiger partial charge in [-0.15, -0.1) is 0 Å². The van der Waals surface area contributed by atoms with Crippen molar-refractivity contribution in [2.45, 2.75) is 44.2 Å². The Bertz CT molecular complexity index is 984. The molecule has 0 aromatic carbocycles. The zero-order chi connectivity index (χ0) is 21.2. The van der Waals surface area contributed by atoms with E-state index in [0.717, 1.165) is 56.8 Å². The maximum absolute atomic E-state index is 13.2. The number of piperidine rings is 1. The van der Waals surface area contributed by atoms with E-state index >= 15 is 0 Å². The van der Waals surface area contributed by atoms with E-state index in [2.05, 4.69) is 15.2 Å². The van der Waals surface area contributed by atoms with Gasteiger partial charge in [-0.3, -0.25) is 19.5 Å². The number of rotatable bonds is 5. The molecule has 0 saturated carbocycles. The lowest BCUT2D eigenvalue weighted by molar-refractivity contribution is 0.00585. The second kappa shape index (κ2) is 8.93. The van der Waals surface area contributed by atoms with Crippen LogP contribution in [0, 0.1) is 5.92 Å². The molecule has 2 saturated heterocycles. The van der Waals surface area contributed by atoms with Gasteiger partial charge < -0.3 is 14.6 Å². The molecule has 0 aliphatic carbocycles. The minimum atomic E-state index is -0.283. The van der Waals surface area contributed by atoms with Gasteiger partial charge in [0.15, 0.2) is 0 Å². The van der Waals surface area contributed by atoms with Crippen molar-refractivity contribution in [1.82, 2.24) is 19.8 Å². The highest BCUT2D eigenvalue weighted by atomic mass is 16.5. The van der Waals surface area contributed by atoms with Crippen LogP contribution in [0.25, 0.3) is 0 Å². The van der Waals surface area contributed by atoms with E-state index in [1.54, 1.807) is 18.5 Å². The summed E-state index contributed by atoms with van der Waals surface area (Å²) in [5, 5.41) is 2.90. The lowest BCUT2D eigenvalue weighted by atomic mass is 9.82. The first-order valence-electron chi connectivity index (χ1n) is 11.4. The minimum absolute atomic E-state index is 0.145. The van der Waals surface area contributed by atoms with Crippen molar-refractivity contribution in [3.05, 3.63) is 63.8 Å². The summed E-state index contributed by atoms with van der Waals surface area (Å²) in [6.45, 7) is 4.95. The molecular weight excluding hydrogens is 392 g/mol. The van der Waals surface area contributed by atoms with Crippen LogP contribution in [0.1, 0.15) is 46.8 Å². The monoisotopic (exact) mass is 422 g/mol. The number of pyridine rings is 2. The summed E-state index contributed by atoms with van der Waals surface area (Å²) in [6.07, 6.45) is 7.54. The quantitative estimate of drug-likeness (QED) is 0.795. The van der Waals surface area contributed by atoms with Gasteiger partial charge in [0.05, 0.1) is 0 Å². The van der Waals surface area contributed by atoms with Gasteiger partial charge in [0.2, 0.25) is 0 Å². The topological polar surface area (TPSA) is 76.5 Å². The van der Waals surface area contributed by atoms with Crippen LogP contribution in [-0.2, 0) is 17.7 Å². The molecule has 2 fully saturated rings. The number of ether oxygens (including phenoxy) is 1. The van der Waals surface area contributed by atoms with Gasteiger partial charge in [-0.2, -0.15) is 0 Å². The first kappa shape index (κ1) is 20.4. The SMILES string of the molecule is O=C(NCCc1ccncc1)c1ccc2n(c1=O)C[C@H]1C[C@@H]2CN(C2CCOCC2)C1. The van der Waals surface area contributed by atoms with Gasteiger partial charge >= 0.3 is 0 Å². The summed E-state index contributed by atoms with van der Waals surface area (Å²) in [4.78, 5) is 32.5. The predicted octanol–water partition coefficient (Wildman–Crippen LogP) is 1.81. The van der Waals surface area contributed by atoms with Gasteiger partial charge in [0.1, 0.15) is 5.56 Å². The van der Waals surface area contributed by atoms with Crippen molar-refractivity contribution >= 4 is 5.91 Å². The third-order valence-corrected chi connectivity index (χ3v) is 7.03. The molecule has 2 bridgehead atoms. The normalized spacial score (nSPS) is 23.9. The lowest BCUT2D eigenvalue weighted by Crippen LogP contribution is -2.52. The number of hydrogen-bond acceptors (Lipinski definition) is 5. The first-order chi connectivity index (χ1) is 15.2. The second-order valence-electron chi connectivity index (χ2n) is 9.05. The van der Waals surface area contributed by atoms with Crippen LogP contribution < -0.4 is 10.9 Å². The number of nitrogens with one attached hydrogen (secondary N) is 1. The van der Waals surface area contributed by atoms with E-state index in [1.807, 2.05) is 22.8 Å². The van der Waals surface area contributed by atoms with Crippen molar-refractivity contribution in [2.75, 3.05) is 32.8 Å². The molecule has 0 radical (unpaired) electrons. The number of aromatic nitrogens is 2. The van der Waals surface area contributed by atoms with Gasteiger partial charge in [0.25, 0.3) is 11.5 Å². The number of hydrogen-bond donors (Lipinski definition) is 1. The Kier molecular flexibility index (Phi) is 5.87. The molecule has 2 aromatic heterocycles. The minimum Gasteiger partial charge on any atom is -0.381 e. The van der Waals surface area contributed by atoms with Crippen LogP contribution in [0.3, 0.4) is 0 Å². The summed E-state index contributed by atoms with van der Waals surface area (Å²) in [5.74, 6) is 0.553. The Labute approximate surface area is 182 Å². The van der Waals surface area contributed by atoms with Crippen LogP contribution in [0.2, 0.25) is 0 Å². The van der Waals surface area contributed by atoms with E-state index in [-0.39, 0.29) is 17.0 Å². The molecule has 7 nitrogen and oxygen atoms in total. The fraction of sp³-hybridized carbons (Fsp3) is 0.542. The molecule has 1 N–H and O–H groups in total. The van der Waals surface area contributed by atoms with E-state index in [9.17, 15) is 9.59 Å². The Morgan fingerprint density at radius 3 is 2.71 bits per heavy atom. The number of carbonyl (C=O) groups excluding carboxylic acids is 1. The van der Waals surface area contributed by atoms with E-state index in [1.165, 1.54) is 0 Å². The fourth-order valence-electron chi connectivity index (χ4n) is 5.47. The molecule has 2 aromatic rings. The largest absolute Gasteiger partial charge is 0.381 e. The van der Waals surface area contributed by atoms with Crippen LogP contribution in [0.5, 0.6) is 0 Å². The van der Waals surface area contributed by atoms with Gasteiger partial charge in [-0.25, -0.2) is 0 Å². The van der Waals surface area contributed by atoms with E-state index in [0.29, 0.717) is 37.4 Å². The van der Waals surface area contributed by atoms with Crippen molar-refractivity contribution in [3.63, 3.8) is 0 Å². The van der Waals surface area contributed by atoms with Crippen LogP contribution in [0.4, 0.5) is 0 Å². The third-order valence-electron chi connectivity index (χ3n) is 7.03. The maximum atomic E-state index is 13.2. The highest BCUT2D eigenvalue weighted by molar-refractivity contribution is 5.93. The Hall–Kier alpha value is -2.51. The number of amides is 1. The highest BCUT2D eigenvalue weighted by Crippen LogP contribution is 2.37. The molecule has 31 heavy (non-hydrogen) atoms. The summed E-state index contributed by atoms with van der Waals surface area (Å²) < 4.78 is 7.41. The first-order valence-corrected chi connectivity index (χ1v) is 11.4. The van der Waals surface area contributed by atoms with Crippen molar-refractivity contribution in [3.8, 4) is 0 Å². The fourth-order valence-corrected chi connectivity index (χ4v) is 5.47. The average Bonchev–Trinajstić information content (AvgIpc) is 2.81. The van der Waals surface area contributed by atoms with Crippen molar-refractivity contribution < 1.29 is 9.53 Å². The smallest absolute Gasteiger partial charge is 0.263 e. The van der Waals surface area contributed by atoms with Gasteiger partial charge in [-0.05, 0) is 61.4 Å². The summed E-state index contributed by atoms with van der Waals surface area (Å²) in [7, 11) is 0. The van der Waals surface area contributed by atoms with Gasteiger partial charge in [0, 0.05) is 69.4 Å². The number of fused-ring (bicyclic) bond motifs is 4. The zero-order valence-corrected chi connectivity index (χ0v) is 17.8. The molecule has 2 atom stereocenters. The number of likely N-dealkylation sites (tertiary alicyclic amines) is 1. The molecular formula is C24H30N4O3. The van der Waals surface area contributed by atoms with Gasteiger partial charge in [-0.1, -0.05) is 0 Å². The summed E-state index contributed by atoms with van der Waals surface area (Å²) in [5.41, 5.74) is 2.30. The number of nitrogens with zero attached hydrogens (tertiary/aromatic N) is 3. The van der Waals surface area contributed by atoms with Crippen LogP contribution >= 0.6 is 0 Å². The second-order valence-corrected chi connectivity index (χ2v) is 9.05. The summed E-state index contributed by atoms with van der Waals surface area (Å²) in [6, 6.07) is 8.20. The predicted molar refractivity (Wildman–Crippen MR) is 117 cm³/mol. The molecule has 5 rings (SSSR count). The van der Waals surface area contributed by atoms with E-state index in [4.69, 9.17) is 4.74 Å². The Morgan fingerprint density at radius 1 is 1.10 bits per heavy atom. The molecule has 1 amide bonds. The van der Waals surface area contributed by atoms with E-state index < -0.39 is 0 Å². The molecule has 3 aliphatic rings. The molecule has 7 heteroatoms.